The number of aryl methyl sites for hydroxylation is 1. The molecule has 0 spiro atoms. The van der Waals surface area contributed by atoms with Gasteiger partial charge in [0.1, 0.15) is 84.2 Å². The monoisotopic (exact) mass is 1220 g/mol. The number of benzene rings is 3. The fourth-order valence-electron chi connectivity index (χ4n) is 9.36. The molecule has 1 aliphatic heterocycles. The Morgan fingerprint density at radius 2 is 1.38 bits per heavy atom. The number of ether oxygens (including phenoxy) is 4. The summed E-state index contributed by atoms with van der Waals surface area (Å²) >= 11 is 6.11. The van der Waals surface area contributed by atoms with Crippen LogP contribution in [0.5, 0.6) is 11.5 Å². The number of aromatic nitrogens is 1. The Labute approximate surface area is 502 Å². The van der Waals surface area contributed by atoms with Crippen LogP contribution in [0.3, 0.4) is 0 Å². The molecule has 1 aliphatic rings. The smallest absolute Gasteiger partial charge is 0.409 e. The lowest BCUT2D eigenvalue weighted by Gasteiger charge is -2.42. The van der Waals surface area contributed by atoms with Crippen LogP contribution < -0.4 is 15.8 Å². The van der Waals surface area contributed by atoms with Gasteiger partial charge >= 0.3 is 6.09 Å². The normalized spacial score (nSPS) is 19.2. The van der Waals surface area contributed by atoms with Crippen molar-refractivity contribution in [2.75, 3.05) is 26.8 Å². The van der Waals surface area contributed by atoms with Gasteiger partial charge in [0, 0.05) is 87.7 Å². The number of halogens is 1. The van der Waals surface area contributed by atoms with Crippen molar-refractivity contribution in [3.8, 4) is 11.5 Å². The molecule has 468 valence electrons. The molecule has 3 unspecified atom stereocenters. The van der Waals surface area contributed by atoms with Crippen LogP contribution in [0.1, 0.15) is 91.2 Å². The first-order chi connectivity index (χ1) is 40.7. The van der Waals surface area contributed by atoms with E-state index in [2.05, 4.69) is 10.3 Å². The number of carbonyl (C=O) groups is 8. The van der Waals surface area contributed by atoms with Gasteiger partial charge in [0.05, 0.1) is 19.3 Å². The van der Waals surface area contributed by atoms with Crippen LogP contribution in [0.4, 0.5) is 4.79 Å². The molecular formula is C61H77ClN4O20. The summed E-state index contributed by atoms with van der Waals surface area (Å²) in [5, 5.41) is 85.2. The molecule has 0 saturated carbocycles. The zero-order valence-electron chi connectivity index (χ0n) is 48.4. The molecule has 3 amide bonds. The molecule has 1 fully saturated rings. The number of nitrogens with one attached hydrogen (secondary N) is 1. The summed E-state index contributed by atoms with van der Waals surface area (Å²) in [7, 11) is 1.52. The molecule has 0 radical (unpaired) electrons. The van der Waals surface area contributed by atoms with Crippen LogP contribution in [-0.2, 0) is 68.8 Å². The van der Waals surface area contributed by atoms with E-state index >= 15 is 0 Å². The molecule has 12 atom stereocenters. The molecule has 0 bridgehead atoms. The maximum absolute atomic E-state index is 13.6. The molecule has 24 nitrogen and oxygen atoms in total. The van der Waals surface area contributed by atoms with E-state index in [-0.39, 0.29) is 56.1 Å². The highest BCUT2D eigenvalue weighted by atomic mass is 35.5. The second-order valence-corrected chi connectivity index (χ2v) is 22.2. The van der Waals surface area contributed by atoms with Crippen LogP contribution in [0.2, 0.25) is 5.02 Å². The van der Waals surface area contributed by atoms with Crippen LogP contribution in [0.25, 0.3) is 0 Å². The molecule has 86 heavy (non-hydrogen) atoms. The summed E-state index contributed by atoms with van der Waals surface area (Å²) in [4.78, 5) is 110. The van der Waals surface area contributed by atoms with Gasteiger partial charge in [0.2, 0.25) is 11.8 Å². The van der Waals surface area contributed by atoms with Crippen molar-refractivity contribution in [3.63, 3.8) is 0 Å². The van der Waals surface area contributed by atoms with Crippen molar-refractivity contribution in [3.05, 3.63) is 124 Å². The molecular weight excluding hydrogens is 1140 g/mol. The molecule has 5 rings (SSSR count). The number of aliphatic hydroxyl groups is 8. The number of aliphatic hydroxyl groups excluding tert-OH is 8. The second-order valence-electron chi connectivity index (χ2n) is 21.8. The molecule has 0 aliphatic carbocycles. The number of hydrogen-bond donors (Lipinski definition) is 10. The van der Waals surface area contributed by atoms with Gasteiger partial charge in [-0.25, -0.2) is 4.79 Å². The lowest BCUT2D eigenvalue weighted by atomic mass is 9.86. The van der Waals surface area contributed by atoms with Crippen molar-refractivity contribution in [1.29, 1.82) is 0 Å². The third kappa shape index (κ3) is 20.6. The largest absolute Gasteiger partial charge is 0.457 e. The lowest BCUT2D eigenvalue weighted by Crippen LogP contribution is -2.61. The number of rotatable bonds is 34. The highest BCUT2D eigenvalue weighted by molar-refractivity contribution is 6.31. The number of nitrogens with zero attached hydrogens (tertiary/aromatic N) is 2. The minimum absolute atomic E-state index is 0.0521. The Morgan fingerprint density at radius 1 is 0.756 bits per heavy atom. The number of ketones is 5. The van der Waals surface area contributed by atoms with E-state index in [0.717, 1.165) is 16.7 Å². The van der Waals surface area contributed by atoms with Crippen molar-refractivity contribution in [2.45, 2.75) is 147 Å². The molecule has 3 aromatic carbocycles. The van der Waals surface area contributed by atoms with E-state index < -0.39 is 147 Å². The number of hydrogen-bond acceptors (Lipinski definition) is 21. The van der Waals surface area contributed by atoms with Gasteiger partial charge in [-0.1, -0.05) is 74.0 Å². The van der Waals surface area contributed by atoms with Crippen LogP contribution in [0, 0.1) is 24.7 Å². The maximum Gasteiger partial charge on any atom is 0.409 e. The number of pyridine rings is 1. The van der Waals surface area contributed by atoms with Crippen molar-refractivity contribution >= 4 is 58.4 Å². The molecule has 1 saturated heterocycles. The first-order valence-corrected chi connectivity index (χ1v) is 28.3. The minimum Gasteiger partial charge on any atom is -0.457 e. The Bertz CT molecular complexity index is 2960. The van der Waals surface area contributed by atoms with Gasteiger partial charge in [0.25, 0.3) is 0 Å². The highest BCUT2D eigenvalue weighted by Gasteiger charge is 2.48. The Hall–Kier alpha value is -6.94. The minimum atomic E-state index is -2.39. The fraction of sp³-hybridized carbons (Fsp3) is 0.492. The zero-order chi connectivity index (χ0) is 63.5. The average Bonchev–Trinajstić information content (AvgIpc) is 3.68. The van der Waals surface area contributed by atoms with E-state index in [1.54, 1.807) is 74.5 Å². The topological polar surface area (TPSA) is 390 Å². The summed E-state index contributed by atoms with van der Waals surface area (Å²) in [5.41, 5.74) is 9.33. The molecule has 25 heteroatoms. The van der Waals surface area contributed by atoms with Crippen molar-refractivity contribution in [1.82, 2.24) is 15.2 Å². The predicted octanol–water partition coefficient (Wildman–Crippen LogP) is 1.98. The quantitative estimate of drug-likeness (QED) is 0.0299. The van der Waals surface area contributed by atoms with E-state index in [4.69, 9.17) is 36.3 Å². The standard InChI is InChI=1S/C61H77ClN4O20/c1-32(2)43(28-49(73)53(76)56(79)58(50(74)29-67)86-60-57(80)55(78)54(77)51(30-68)85-60)59(81)65-34(4)47(71)25-39(26-52(63)75)48(72)24-36-8-10-37(11-9-36)31-83-61(82)66(5)20-6-7-46(70)45-27-42(18-19-64-45)84-41-15-12-35(13-16-41)22-40(69)23-38-14-17-44(62)33(3)21-38/h8-19,21,27,32,34,39,43,50-51,53-58,60,67-68,74,76-80H,6-7,20,22-26,28-31H2,1-5H3,(H2,63,75)(H,65,81)/t34?,39?,43?,50-,51-,53+,54+,55+,56+,57-,58+,60+/m1/s1. The van der Waals surface area contributed by atoms with Gasteiger partial charge in [0.15, 0.2) is 23.6 Å². The van der Waals surface area contributed by atoms with Gasteiger partial charge in [-0.2, -0.15) is 0 Å². The number of amides is 3. The van der Waals surface area contributed by atoms with E-state index in [1.165, 1.54) is 31.1 Å². The van der Waals surface area contributed by atoms with Gasteiger partial charge in [-0.15, -0.1) is 0 Å². The molecule has 1 aromatic heterocycles. The van der Waals surface area contributed by atoms with Gasteiger partial charge in [-0.05, 0) is 78.3 Å². The molecule has 2 heterocycles. The first-order valence-electron chi connectivity index (χ1n) is 28.0. The predicted molar refractivity (Wildman–Crippen MR) is 307 cm³/mol. The number of Topliss-reactive ketones (excluding diaryl/α,β-unsaturated/α-hetero) is 5. The first kappa shape index (κ1) is 69.8. The summed E-state index contributed by atoms with van der Waals surface area (Å²) in [6, 6.07) is 20.9. The Balaban J connectivity index is 1.05. The zero-order valence-corrected chi connectivity index (χ0v) is 49.2. The highest BCUT2D eigenvalue weighted by Crippen LogP contribution is 2.28. The summed E-state index contributed by atoms with van der Waals surface area (Å²) < 4.78 is 22.0. The third-order valence-corrected chi connectivity index (χ3v) is 15.0. The van der Waals surface area contributed by atoms with E-state index in [9.17, 15) is 79.2 Å². The van der Waals surface area contributed by atoms with E-state index in [1.807, 2.05) is 19.1 Å². The van der Waals surface area contributed by atoms with Gasteiger partial charge < -0.3 is 75.8 Å². The summed E-state index contributed by atoms with van der Waals surface area (Å²) in [6.07, 6.45) is -18.2. The van der Waals surface area contributed by atoms with Crippen LogP contribution >= 0.6 is 11.6 Å². The second kappa shape index (κ2) is 33.3. The Morgan fingerprint density at radius 3 is 2.01 bits per heavy atom. The van der Waals surface area contributed by atoms with Crippen molar-refractivity contribution < 1.29 is 98.2 Å². The maximum atomic E-state index is 13.6. The molecule has 11 N–H and O–H groups in total. The van der Waals surface area contributed by atoms with Crippen LogP contribution in [-0.4, -0.2) is 186 Å². The lowest BCUT2D eigenvalue weighted by molar-refractivity contribution is -0.326. The average molecular weight is 1220 g/mol. The SMILES string of the molecule is Cc1cc(CC(=O)Cc2ccc(Oc3ccnc(C(=O)CCCN(C)C(=O)OCc4ccc(CC(=O)C(CC(N)=O)CC(=O)C(C)NC(=O)C(CC(=O)[C@H](O)[C@H](O)[C@@H](O[C@@H]5O[C@H](CO)[C@H](O)[C@H](O)[C@H]5O)[C@H](O)CO)C(C)C)cc4)c3)cc2)ccc1Cl. The fourth-order valence-corrected chi connectivity index (χ4v) is 9.48. The van der Waals surface area contributed by atoms with Crippen molar-refractivity contribution in [2.24, 2.45) is 23.5 Å². The summed E-state index contributed by atoms with van der Waals surface area (Å²) in [5.74, 6) is -6.39. The number of primary amides is 1. The Kier molecular flexibility index (Phi) is 27.0. The van der Waals surface area contributed by atoms with Crippen LogP contribution in [0.15, 0.2) is 85.1 Å². The number of nitrogens with two attached hydrogens (primary N) is 1. The van der Waals surface area contributed by atoms with Gasteiger partial charge in [-0.3, -0.25) is 38.5 Å². The number of carbonyl (C=O) groups excluding carboxylic acids is 8. The third-order valence-electron chi connectivity index (χ3n) is 14.6. The summed E-state index contributed by atoms with van der Waals surface area (Å²) in [6.45, 7) is 4.42. The molecule has 4 aromatic rings. The van der Waals surface area contributed by atoms with E-state index in [0.29, 0.717) is 34.1 Å².